The van der Waals surface area contributed by atoms with Gasteiger partial charge >= 0.3 is 0 Å². The molecule has 0 bridgehead atoms. The molecule has 0 aliphatic carbocycles. The number of aryl methyl sites for hydroxylation is 1. The largest absolute Gasteiger partial charge is 0.343 e. The first-order valence-electron chi connectivity index (χ1n) is 7.14. The highest BCUT2D eigenvalue weighted by atomic mass is 79.9. The lowest BCUT2D eigenvalue weighted by atomic mass is 9.78. The number of aromatic nitrogens is 1. The van der Waals surface area contributed by atoms with Crippen molar-refractivity contribution >= 4 is 21.8 Å². The van der Waals surface area contributed by atoms with Crippen LogP contribution in [0.15, 0.2) is 16.7 Å². The van der Waals surface area contributed by atoms with E-state index >= 15 is 0 Å². The van der Waals surface area contributed by atoms with Gasteiger partial charge in [-0.3, -0.25) is 4.79 Å². The van der Waals surface area contributed by atoms with Crippen molar-refractivity contribution in [2.45, 2.75) is 46.6 Å². The molecule has 2 heterocycles. The van der Waals surface area contributed by atoms with Crippen molar-refractivity contribution in [2.24, 2.45) is 5.41 Å². The molecule has 1 aromatic heterocycles. The number of rotatable bonds is 3. The molecule has 1 fully saturated rings. The molecule has 0 spiro atoms. The smallest absolute Gasteiger partial charge is 0.270 e. The van der Waals surface area contributed by atoms with E-state index in [4.69, 9.17) is 0 Å². The zero-order chi connectivity index (χ0) is 14.0. The van der Waals surface area contributed by atoms with Crippen molar-refractivity contribution in [1.82, 2.24) is 9.47 Å². The molecule has 106 valence electrons. The van der Waals surface area contributed by atoms with Gasteiger partial charge in [-0.2, -0.15) is 0 Å². The fourth-order valence-electron chi connectivity index (χ4n) is 2.68. The number of halogens is 1. The molecule has 19 heavy (non-hydrogen) atoms. The van der Waals surface area contributed by atoms with Crippen LogP contribution in [0.5, 0.6) is 0 Å². The summed E-state index contributed by atoms with van der Waals surface area (Å²) >= 11 is 3.45. The molecule has 1 aliphatic heterocycles. The first-order valence-corrected chi connectivity index (χ1v) is 7.93. The van der Waals surface area contributed by atoms with Crippen LogP contribution >= 0.6 is 15.9 Å². The van der Waals surface area contributed by atoms with Gasteiger partial charge in [-0.25, -0.2) is 0 Å². The minimum Gasteiger partial charge on any atom is -0.343 e. The lowest BCUT2D eigenvalue weighted by Gasteiger charge is -2.38. The maximum absolute atomic E-state index is 12.6. The molecule has 1 saturated heterocycles. The summed E-state index contributed by atoms with van der Waals surface area (Å²) in [6.45, 7) is 9.24. The topological polar surface area (TPSA) is 25.2 Å². The summed E-state index contributed by atoms with van der Waals surface area (Å²) in [5.74, 6) is 0.172. The summed E-state index contributed by atoms with van der Waals surface area (Å²) in [5.41, 5.74) is 1.22. The minimum absolute atomic E-state index is 0.172. The third-order valence-corrected chi connectivity index (χ3v) is 4.97. The molecule has 2 rings (SSSR count). The quantitative estimate of drug-likeness (QED) is 0.826. The number of nitrogens with zero attached hydrogens (tertiary/aromatic N) is 2. The highest BCUT2D eigenvalue weighted by molar-refractivity contribution is 9.10. The van der Waals surface area contributed by atoms with Crippen molar-refractivity contribution in [3.63, 3.8) is 0 Å². The number of piperidine rings is 1. The second kappa shape index (κ2) is 5.70. The predicted octanol–water partition coefficient (Wildman–Crippen LogP) is 3.92. The van der Waals surface area contributed by atoms with Gasteiger partial charge in [0.1, 0.15) is 5.69 Å². The van der Waals surface area contributed by atoms with Crippen LogP contribution in [0.25, 0.3) is 0 Å². The lowest BCUT2D eigenvalue weighted by molar-refractivity contribution is 0.0590. The van der Waals surface area contributed by atoms with Crippen LogP contribution in [0, 0.1) is 5.41 Å². The fraction of sp³-hybridized carbons (Fsp3) is 0.667. The van der Waals surface area contributed by atoms with E-state index in [1.54, 1.807) is 0 Å². The number of carbonyl (C=O) groups excluding carboxylic acids is 1. The average Bonchev–Trinajstić information content (AvgIpc) is 2.80. The summed E-state index contributed by atoms with van der Waals surface area (Å²) in [4.78, 5) is 14.6. The zero-order valence-corrected chi connectivity index (χ0v) is 13.7. The van der Waals surface area contributed by atoms with Crippen LogP contribution in [0.2, 0.25) is 0 Å². The van der Waals surface area contributed by atoms with Gasteiger partial charge in [0, 0.05) is 30.3 Å². The highest BCUT2D eigenvalue weighted by Gasteiger charge is 2.31. The van der Waals surface area contributed by atoms with Crippen LogP contribution in [0.1, 0.15) is 50.5 Å². The molecule has 0 N–H and O–H groups in total. The Kier molecular flexibility index (Phi) is 4.39. The van der Waals surface area contributed by atoms with Crippen LogP contribution in [-0.2, 0) is 6.54 Å². The molecule has 1 amide bonds. The van der Waals surface area contributed by atoms with Gasteiger partial charge in [0.2, 0.25) is 0 Å². The van der Waals surface area contributed by atoms with Crippen molar-refractivity contribution in [2.75, 3.05) is 13.1 Å². The van der Waals surface area contributed by atoms with E-state index in [9.17, 15) is 4.79 Å². The summed E-state index contributed by atoms with van der Waals surface area (Å²) in [7, 11) is 0. The number of hydrogen-bond donors (Lipinski definition) is 0. The molecular weight excluding hydrogens is 304 g/mol. The molecule has 4 heteroatoms. The fourth-order valence-corrected chi connectivity index (χ4v) is 3.14. The number of hydrogen-bond acceptors (Lipinski definition) is 1. The van der Waals surface area contributed by atoms with E-state index in [0.717, 1.165) is 42.6 Å². The summed E-state index contributed by atoms with van der Waals surface area (Å²) in [6.07, 6.45) is 5.41. The second-order valence-electron chi connectivity index (χ2n) is 5.79. The molecule has 0 saturated carbocycles. The Labute approximate surface area is 124 Å². The molecule has 3 nitrogen and oxygen atoms in total. The maximum atomic E-state index is 12.6. The van der Waals surface area contributed by atoms with E-state index in [1.807, 2.05) is 21.7 Å². The monoisotopic (exact) mass is 326 g/mol. The van der Waals surface area contributed by atoms with Crippen LogP contribution in [0.4, 0.5) is 0 Å². The second-order valence-corrected chi connectivity index (χ2v) is 6.70. The molecule has 0 aromatic carbocycles. The van der Waals surface area contributed by atoms with E-state index in [-0.39, 0.29) is 5.91 Å². The van der Waals surface area contributed by atoms with Crippen molar-refractivity contribution in [3.05, 3.63) is 22.4 Å². The molecule has 0 unspecified atom stereocenters. The van der Waals surface area contributed by atoms with Gasteiger partial charge in [0.15, 0.2) is 0 Å². The lowest BCUT2D eigenvalue weighted by Crippen LogP contribution is -2.42. The molecular formula is C15H23BrN2O. The van der Waals surface area contributed by atoms with Gasteiger partial charge in [0.25, 0.3) is 5.91 Å². The Bertz CT molecular complexity index is 459. The molecule has 0 radical (unpaired) electrons. The standard InChI is InChI=1S/C15H23BrN2O/c1-4-15(3)6-8-18(9-7-15)14(19)13-10-12(16)11-17(13)5-2/h10-11H,4-9H2,1-3H3. The van der Waals surface area contributed by atoms with Gasteiger partial charge in [-0.05, 0) is 47.2 Å². The predicted molar refractivity (Wildman–Crippen MR) is 81.3 cm³/mol. The summed E-state index contributed by atoms with van der Waals surface area (Å²) < 4.78 is 2.99. The van der Waals surface area contributed by atoms with Gasteiger partial charge in [-0.15, -0.1) is 0 Å². The Hall–Kier alpha value is -0.770. The third kappa shape index (κ3) is 3.04. The van der Waals surface area contributed by atoms with Gasteiger partial charge < -0.3 is 9.47 Å². The van der Waals surface area contributed by atoms with E-state index < -0.39 is 0 Å². The minimum atomic E-state index is 0.172. The van der Waals surface area contributed by atoms with E-state index in [1.165, 1.54) is 6.42 Å². The number of carbonyl (C=O) groups is 1. The molecule has 1 aliphatic rings. The number of amides is 1. The first kappa shape index (κ1) is 14.6. The Morgan fingerprint density at radius 2 is 2.00 bits per heavy atom. The first-order chi connectivity index (χ1) is 8.99. The average molecular weight is 327 g/mol. The maximum Gasteiger partial charge on any atom is 0.270 e. The summed E-state index contributed by atoms with van der Waals surface area (Å²) in [5, 5.41) is 0. The summed E-state index contributed by atoms with van der Waals surface area (Å²) in [6, 6.07) is 1.93. The van der Waals surface area contributed by atoms with E-state index in [2.05, 4.69) is 36.7 Å². The Balaban J connectivity index is 2.09. The Morgan fingerprint density at radius 3 is 2.53 bits per heavy atom. The highest BCUT2D eigenvalue weighted by Crippen LogP contribution is 2.34. The van der Waals surface area contributed by atoms with E-state index in [0.29, 0.717) is 5.41 Å². The third-order valence-electron chi connectivity index (χ3n) is 4.53. The number of likely N-dealkylation sites (tertiary alicyclic amines) is 1. The van der Waals surface area contributed by atoms with Crippen molar-refractivity contribution < 1.29 is 4.79 Å². The van der Waals surface area contributed by atoms with Crippen LogP contribution in [-0.4, -0.2) is 28.5 Å². The molecule has 0 atom stereocenters. The molecule has 1 aromatic rings. The van der Waals surface area contributed by atoms with Crippen molar-refractivity contribution in [1.29, 1.82) is 0 Å². The zero-order valence-electron chi connectivity index (χ0n) is 12.1. The van der Waals surface area contributed by atoms with Gasteiger partial charge in [-0.1, -0.05) is 20.3 Å². The van der Waals surface area contributed by atoms with Crippen LogP contribution in [0.3, 0.4) is 0 Å². The van der Waals surface area contributed by atoms with Crippen LogP contribution < -0.4 is 0 Å². The normalized spacial score (nSPS) is 18.6. The SMILES string of the molecule is CCn1cc(Br)cc1C(=O)N1CCC(C)(CC)CC1. The van der Waals surface area contributed by atoms with Crippen molar-refractivity contribution in [3.8, 4) is 0 Å². The Morgan fingerprint density at radius 1 is 1.37 bits per heavy atom. The van der Waals surface area contributed by atoms with Gasteiger partial charge in [0.05, 0.1) is 0 Å².